The van der Waals surface area contributed by atoms with E-state index in [1.54, 1.807) is 18.9 Å². The topological polar surface area (TPSA) is 58.6 Å². The summed E-state index contributed by atoms with van der Waals surface area (Å²) in [5.74, 6) is 0.723. The van der Waals surface area contributed by atoms with Gasteiger partial charge in [0.1, 0.15) is 0 Å². The standard InChI is InChI=1S/C16H28N2O3/c1-16(15(20)17-2)12-18(10-11-21-16)14(19)9-8-13-6-4-3-5-7-13/h13H,3-12H2,1-2H3,(H,17,20)/t16-/m1/s1. The third kappa shape index (κ3) is 4.19. The molecule has 2 amide bonds. The maximum absolute atomic E-state index is 12.4. The molecule has 2 aliphatic rings. The molecule has 120 valence electrons. The average molecular weight is 296 g/mol. The van der Waals surface area contributed by atoms with E-state index in [9.17, 15) is 9.59 Å². The third-order valence-corrected chi connectivity index (χ3v) is 4.83. The van der Waals surface area contributed by atoms with Gasteiger partial charge in [-0.15, -0.1) is 0 Å². The SMILES string of the molecule is CNC(=O)[C@@]1(C)CN(C(=O)CCC2CCCCC2)CCO1. The van der Waals surface area contributed by atoms with E-state index in [2.05, 4.69) is 5.32 Å². The van der Waals surface area contributed by atoms with Gasteiger partial charge in [0.2, 0.25) is 5.91 Å². The van der Waals surface area contributed by atoms with E-state index in [0.717, 1.165) is 6.42 Å². The number of nitrogens with zero attached hydrogens (tertiary/aromatic N) is 1. The first-order valence-corrected chi connectivity index (χ1v) is 8.19. The molecule has 0 aromatic heterocycles. The van der Waals surface area contributed by atoms with Crippen LogP contribution in [-0.4, -0.2) is 49.1 Å². The van der Waals surface area contributed by atoms with Gasteiger partial charge in [0.25, 0.3) is 5.91 Å². The Labute approximate surface area is 127 Å². The number of ether oxygens (including phenoxy) is 1. The molecule has 1 N–H and O–H groups in total. The molecule has 5 heteroatoms. The van der Waals surface area contributed by atoms with Crippen LogP contribution in [0.3, 0.4) is 0 Å². The third-order valence-electron chi connectivity index (χ3n) is 4.83. The van der Waals surface area contributed by atoms with Crippen LogP contribution in [0.4, 0.5) is 0 Å². The second kappa shape index (κ2) is 7.25. The van der Waals surface area contributed by atoms with Crippen LogP contribution in [0.25, 0.3) is 0 Å². The van der Waals surface area contributed by atoms with Crippen LogP contribution in [0, 0.1) is 5.92 Å². The second-order valence-corrected chi connectivity index (χ2v) is 6.52. The normalized spacial score (nSPS) is 27.4. The zero-order valence-corrected chi connectivity index (χ0v) is 13.3. The summed E-state index contributed by atoms with van der Waals surface area (Å²) >= 11 is 0. The highest BCUT2D eigenvalue weighted by molar-refractivity contribution is 5.86. The summed E-state index contributed by atoms with van der Waals surface area (Å²) in [5, 5.41) is 2.62. The van der Waals surface area contributed by atoms with Gasteiger partial charge >= 0.3 is 0 Å². The van der Waals surface area contributed by atoms with Crippen molar-refractivity contribution in [3.8, 4) is 0 Å². The van der Waals surface area contributed by atoms with E-state index in [1.165, 1.54) is 32.1 Å². The van der Waals surface area contributed by atoms with Crippen molar-refractivity contribution in [3.63, 3.8) is 0 Å². The summed E-state index contributed by atoms with van der Waals surface area (Å²) < 4.78 is 5.59. The molecular weight excluding hydrogens is 268 g/mol. The van der Waals surface area contributed by atoms with Gasteiger partial charge in [0.05, 0.1) is 13.2 Å². The Balaban J connectivity index is 1.82. The zero-order valence-electron chi connectivity index (χ0n) is 13.3. The van der Waals surface area contributed by atoms with Crippen molar-refractivity contribution in [1.82, 2.24) is 10.2 Å². The number of carbonyl (C=O) groups is 2. The fourth-order valence-corrected chi connectivity index (χ4v) is 3.45. The predicted molar refractivity (Wildman–Crippen MR) is 80.8 cm³/mol. The Morgan fingerprint density at radius 1 is 1.29 bits per heavy atom. The molecule has 1 saturated carbocycles. The Morgan fingerprint density at radius 3 is 2.67 bits per heavy atom. The average Bonchev–Trinajstić information content (AvgIpc) is 2.52. The van der Waals surface area contributed by atoms with Crippen molar-refractivity contribution < 1.29 is 14.3 Å². The van der Waals surface area contributed by atoms with Gasteiger partial charge in [-0.05, 0) is 19.3 Å². The van der Waals surface area contributed by atoms with Gasteiger partial charge in [-0.2, -0.15) is 0 Å². The number of morpholine rings is 1. The lowest BCUT2D eigenvalue weighted by atomic mass is 9.86. The van der Waals surface area contributed by atoms with Crippen LogP contribution in [0.2, 0.25) is 0 Å². The molecule has 0 aromatic carbocycles. The number of amides is 2. The van der Waals surface area contributed by atoms with Gasteiger partial charge in [0, 0.05) is 20.0 Å². The molecule has 1 aliphatic carbocycles. The van der Waals surface area contributed by atoms with Crippen molar-refractivity contribution >= 4 is 11.8 Å². The fraction of sp³-hybridized carbons (Fsp3) is 0.875. The molecule has 1 atom stereocenters. The highest BCUT2D eigenvalue weighted by Gasteiger charge is 2.40. The number of rotatable bonds is 4. The van der Waals surface area contributed by atoms with Gasteiger partial charge in [-0.1, -0.05) is 32.1 Å². The Hall–Kier alpha value is -1.10. The lowest BCUT2D eigenvalue weighted by molar-refractivity contribution is -0.162. The summed E-state index contributed by atoms with van der Waals surface area (Å²) in [4.78, 5) is 26.1. The van der Waals surface area contributed by atoms with E-state index in [4.69, 9.17) is 4.74 Å². The molecule has 1 aliphatic heterocycles. The number of hydrogen-bond donors (Lipinski definition) is 1. The van der Waals surface area contributed by atoms with Crippen LogP contribution in [0.15, 0.2) is 0 Å². The smallest absolute Gasteiger partial charge is 0.253 e. The quantitative estimate of drug-likeness (QED) is 0.859. The van der Waals surface area contributed by atoms with Crippen molar-refractivity contribution in [1.29, 1.82) is 0 Å². The summed E-state index contributed by atoms with van der Waals surface area (Å²) in [6.45, 7) is 3.14. The highest BCUT2D eigenvalue weighted by atomic mass is 16.5. The van der Waals surface area contributed by atoms with Gasteiger partial charge < -0.3 is 15.0 Å². The Kier molecular flexibility index (Phi) is 5.62. The molecule has 2 fully saturated rings. The van der Waals surface area contributed by atoms with E-state index in [0.29, 0.717) is 32.0 Å². The van der Waals surface area contributed by atoms with Crippen molar-refractivity contribution in [3.05, 3.63) is 0 Å². The molecule has 21 heavy (non-hydrogen) atoms. The van der Waals surface area contributed by atoms with Gasteiger partial charge in [-0.3, -0.25) is 9.59 Å². The molecule has 1 saturated heterocycles. The lowest BCUT2D eigenvalue weighted by Crippen LogP contribution is -2.58. The first kappa shape index (κ1) is 16.3. The van der Waals surface area contributed by atoms with Gasteiger partial charge in [-0.25, -0.2) is 0 Å². The Bertz CT molecular complexity index is 380. The monoisotopic (exact) mass is 296 g/mol. The number of nitrogens with one attached hydrogen (secondary N) is 1. The van der Waals surface area contributed by atoms with Crippen molar-refractivity contribution in [2.75, 3.05) is 26.7 Å². The highest BCUT2D eigenvalue weighted by Crippen LogP contribution is 2.28. The molecule has 2 rings (SSSR count). The van der Waals surface area contributed by atoms with Crippen LogP contribution < -0.4 is 5.32 Å². The van der Waals surface area contributed by atoms with E-state index in [1.807, 2.05) is 0 Å². The largest absolute Gasteiger partial charge is 0.362 e. The molecule has 5 nitrogen and oxygen atoms in total. The minimum atomic E-state index is -0.909. The minimum absolute atomic E-state index is 0.160. The van der Waals surface area contributed by atoms with Crippen LogP contribution in [0.1, 0.15) is 51.9 Å². The number of hydrogen-bond acceptors (Lipinski definition) is 3. The van der Waals surface area contributed by atoms with E-state index < -0.39 is 5.60 Å². The summed E-state index contributed by atoms with van der Waals surface area (Å²) in [5.41, 5.74) is -0.909. The summed E-state index contributed by atoms with van der Waals surface area (Å²) in [7, 11) is 1.60. The number of likely N-dealkylation sites (N-methyl/N-ethyl adjacent to an activating group) is 1. The molecule has 0 unspecified atom stereocenters. The van der Waals surface area contributed by atoms with Crippen molar-refractivity contribution in [2.45, 2.75) is 57.5 Å². The lowest BCUT2D eigenvalue weighted by Gasteiger charge is -2.39. The molecule has 0 aromatic rings. The predicted octanol–water partition coefficient (Wildman–Crippen LogP) is 1.71. The summed E-state index contributed by atoms with van der Waals surface area (Å²) in [6.07, 6.45) is 8.11. The molecule has 0 bridgehead atoms. The minimum Gasteiger partial charge on any atom is -0.362 e. The zero-order chi connectivity index (χ0) is 15.3. The van der Waals surface area contributed by atoms with Crippen molar-refractivity contribution in [2.24, 2.45) is 5.92 Å². The molecule has 1 heterocycles. The first-order chi connectivity index (χ1) is 10.0. The first-order valence-electron chi connectivity index (χ1n) is 8.19. The molecule has 0 radical (unpaired) electrons. The summed E-state index contributed by atoms with van der Waals surface area (Å²) in [6, 6.07) is 0. The molecule has 0 spiro atoms. The fourth-order valence-electron chi connectivity index (χ4n) is 3.45. The Morgan fingerprint density at radius 2 is 2.00 bits per heavy atom. The van der Waals surface area contributed by atoms with E-state index >= 15 is 0 Å². The van der Waals surface area contributed by atoms with Crippen LogP contribution >= 0.6 is 0 Å². The second-order valence-electron chi connectivity index (χ2n) is 6.52. The van der Waals surface area contributed by atoms with Gasteiger partial charge in [0.15, 0.2) is 5.60 Å². The van der Waals surface area contributed by atoms with E-state index in [-0.39, 0.29) is 11.8 Å². The van der Waals surface area contributed by atoms with Crippen LogP contribution in [0.5, 0.6) is 0 Å². The molecular formula is C16H28N2O3. The maximum Gasteiger partial charge on any atom is 0.253 e. The maximum atomic E-state index is 12.4. The van der Waals surface area contributed by atoms with Crippen LogP contribution in [-0.2, 0) is 14.3 Å². The number of carbonyl (C=O) groups excluding carboxylic acids is 2.